The lowest BCUT2D eigenvalue weighted by Crippen LogP contribution is -2.33. The number of nitrogens with zero attached hydrogens (tertiary/aromatic N) is 5. The Hall–Kier alpha value is -3.10. The summed E-state index contributed by atoms with van der Waals surface area (Å²) in [6, 6.07) is 3.17. The van der Waals surface area contributed by atoms with Crippen LogP contribution in [0.2, 0.25) is 0 Å². The van der Waals surface area contributed by atoms with Crippen molar-refractivity contribution in [1.82, 2.24) is 24.2 Å². The van der Waals surface area contributed by atoms with Gasteiger partial charge in [0.25, 0.3) is 5.56 Å². The minimum Gasteiger partial charge on any atom is -0.340 e. The normalized spacial score (nSPS) is 11.0. The number of halogens is 2. The molecule has 7 nitrogen and oxygen atoms in total. The van der Waals surface area contributed by atoms with Crippen LogP contribution in [0.25, 0.3) is 11.0 Å². The predicted molar refractivity (Wildman–Crippen MR) is 85.6 cm³/mol. The van der Waals surface area contributed by atoms with Crippen LogP contribution >= 0.6 is 0 Å². The molecule has 0 radical (unpaired) electrons. The first-order valence-electron chi connectivity index (χ1n) is 7.42. The van der Waals surface area contributed by atoms with Gasteiger partial charge in [0.2, 0.25) is 5.91 Å². The number of rotatable bonds is 4. The van der Waals surface area contributed by atoms with Gasteiger partial charge in [-0.2, -0.15) is 5.10 Å². The standard InChI is InChI=1S/C16H15F2N5O2/c1-21(7-10-3-4-11(17)5-13(10)18)14(24)8-23-9-19-15-12(16(23)25)6-20-22(15)2/h3-6,9H,7-8H2,1-2H3. The maximum Gasteiger partial charge on any atom is 0.264 e. The van der Waals surface area contributed by atoms with Crippen LogP contribution in [0.3, 0.4) is 0 Å². The van der Waals surface area contributed by atoms with Gasteiger partial charge in [0.15, 0.2) is 5.65 Å². The van der Waals surface area contributed by atoms with Crippen molar-refractivity contribution in [3.63, 3.8) is 0 Å². The SMILES string of the molecule is CN(Cc1ccc(F)cc1F)C(=O)Cn1cnc2c(cnn2C)c1=O. The molecule has 0 atom stereocenters. The van der Waals surface area contributed by atoms with Gasteiger partial charge in [0.1, 0.15) is 29.9 Å². The highest BCUT2D eigenvalue weighted by Crippen LogP contribution is 2.12. The minimum absolute atomic E-state index is 0.0394. The average Bonchev–Trinajstić information content (AvgIpc) is 2.94. The van der Waals surface area contributed by atoms with Gasteiger partial charge >= 0.3 is 0 Å². The summed E-state index contributed by atoms with van der Waals surface area (Å²) in [7, 11) is 3.14. The van der Waals surface area contributed by atoms with Gasteiger partial charge in [0.05, 0.1) is 6.20 Å². The molecular formula is C16H15F2N5O2. The molecular weight excluding hydrogens is 332 g/mol. The molecule has 0 spiro atoms. The Bertz CT molecular complexity index is 1010. The molecule has 3 aromatic rings. The van der Waals surface area contributed by atoms with E-state index in [-0.39, 0.29) is 24.2 Å². The Morgan fingerprint density at radius 1 is 1.32 bits per heavy atom. The smallest absolute Gasteiger partial charge is 0.264 e. The van der Waals surface area contributed by atoms with Crippen LogP contribution in [0.4, 0.5) is 8.78 Å². The number of likely N-dealkylation sites (N-methyl/N-ethyl adjacent to an activating group) is 1. The Morgan fingerprint density at radius 3 is 2.80 bits per heavy atom. The zero-order valence-electron chi connectivity index (χ0n) is 13.6. The van der Waals surface area contributed by atoms with E-state index >= 15 is 0 Å². The van der Waals surface area contributed by atoms with Gasteiger partial charge in [-0.3, -0.25) is 18.8 Å². The molecule has 2 aromatic heterocycles. The van der Waals surface area contributed by atoms with Crippen LogP contribution in [-0.2, 0) is 24.9 Å². The molecule has 0 bridgehead atoms. The van der Waals surface area contributed by atoms with Crippen molar-refractivity contribution in [2.24, 2.45) is 7.05 Å². The molecule has 0 saturated heterocycles. The van der Waals surface area contributed by atoms with Gasteiger partial charge in [-0.05, 0) is 6.07 Å². The quantitative estimate of drug-likeness (QED) is 0.708. The topological polar surface area (TPSA) is 73.0 Å². The van der Waals surface area contributed by atoms with E-state index in [9.17, 15) is 18.4 Å². The van der Waals surface area contributed by atoms with Crippen LogP contribution < -0.4 is 5.56 Å². The molecule has 0 aliphatic carbocycles. The number of carbonyl (C=O) groups excluding carboxylic acids is 1. The first-order chi connectivity index (χ1) is 11.9. The molecule has 130 valence electrons. The number of aromatic nitrogens is 4. The monoisotopic (exact) mass is 347 g/mol. The molecule has 2 heterocycles. The van der Waals surface area contributed by atoms with Gasteiger partial charge in [-0.15, -0.1) is 0 Å². The van der Waals surface area contributed by atoms with E-state index in [1.165, 1.54) is 39.8 Å². The van der Waals surface area contributed by atoms with E-state index in [0.29, 0.717) is 11.0 Å². The van der Waals surface area contributed by atoms with Gasteiger partial charge in [-0.25, -0.2) is 13.8 Å². The summed E-state index contributed by atoms with van der Waals surface area (Å²) >= 11 is 0. The Balaban J connectivity index is 1.77. The number of hydrogen-bond acceptors (Lipinski definition) is 4. The third-order valence-corrected chi connectivity index (χ3v) is 3.87. The van der Waals surface area contributed by atoms with Crippen molar-refractivity contribution in [2.75, 3.05) is 7.05 Å². The highest BCUT2D eigenvalue weighted by atomic mass is 19.1. The second-order valence-corrected chi connectivity index (χ2v) is 5.67. The summed E-state index contributed by atoms with van der Waals surface area (Å²) in [5.41, 5.74) is 0.230. The largest absolute Gasteiger partial charge is 0.340 e. The van der Waals surface area contributed by atoms with Crippen LogP contribution in [0.1, 0.15) is 5.56 Å². The summed E-state index contributed by atoms with van der Waals surface area (Å²) in [6.45, 7) is -0.280. The summed E-state index contributed by atoms with van der Waals surface area (Å²) in [5, 5.41) is 4.27. The zero-order chi connectivity index (χ0) is 18.1. The van der Waals surface area contributed by atoms with Crippen LogP contribution in [-0.4, -0.2) is 37.2 Å². The fraction of sp³-hybridized carbons (Fsp3) is 0.250. The summed E-state index contributed by atoms with van der Waals surface area (Å²) in [4.78, 5) is 30.0. The number of hydrogen-bond donors (Lipinski definition) is 0. The number of amides is 1. The summed E-state index contributed by atoms with van der Waals surface area (Å²) < 4.78 is 29.3. The number of aryl methyl sites for hydroxylation is 1. The zero-order valence-corrected chi connectivity index (χ0v) is 13.6. The van der Waals surface area contributed by atoms with E-state index in [0.717, 1.165) is 12.1 Å². The van der Waals surface area contributed by atoms with Crippen LogP contribution in [0.5, 0.6) is 0 Å². The number of fused-ring (bicyclic) bond motifs is 1. The molecule has 1 amide bonds. The number of benzene rings is 1. The van der Waals surface area contributed by atoms with E-state index in [1.807, 2.05) is 0 Å². The maximum atomic E-state index is 13.7. The first-order valence-corrected chi connectivity index (χ1v) is 7.42. The third kappa shape index (κ3) is 3.25. The minimum atomic E-state index is -0.727. The van der Waals surface area contributed by atoms with Crippen molar-refractivity contribution in [3.05, 3.63) is 58.3 Å². The Labute approximate surface area is 141 Å². The number of carbonyl (C=O) groups is 1. The lowest BCUT2D eigenvalue weighted by Gasteiger charge is -2.18. The predicted octanol–water partition coefficient (Wildman–Crippen LogP) is 1.07. The molecule has 0 aliphatic rings. The molecule has 25 heavy (non-hydrogen) atoms. The van der Waals surface area contributed by atoms with Crippen molar-refractivity contribution >= 4 is 16.9 Å². The van der Waals surface area contributed by atoms with Crippen LogP contribution in [0, 0.1) is 11.6 Å². The van der Waals surface area contributed by atoms with Gasteiger partial charge in [0, 0.05) is 32.3 Å². The Morgan fingerprint density at radius 2 is 2.08 bits per heavy atom. The van der Waals surface area contributed by atoms with E-state index in [4.69, 9.17) is 0 Å². The van der Waals surface area contributed by atoms with Gasteiger partial charge in [-0.1, -0.05) is 6.07 Å². The van der Waals surface area contributed by atoms with E-state index in [2.05, 4.69) is 10.1 Å². The lowest BCUT2D eigenvalue weighted by atomic mass is 10.2. The fourth-order valence-corrected chi connectivity index (χ4v) is 2.44. The van der Waals surface area contributed by atoms with Crippen molar-refractivity contribution in [3.8, 4) is 0 Å². The first kappa shape index (κ1) is 16.7. The molecule has 1 aromatic carbocycles. The molecule has 9 heteroatoms. The highest BCUT2D eigenvalue weighted by molar-refractivity contribution is 5.77. The van der Waals surface area contributed by atoms with E-state index in [1.54, 1.807) is 7.05 Å². The van der Waals surface area contributed by atoms with Crippen LogP contribution in [0.15, 0.2) is 35.5 Å². The second-order valence-electron chi connectivity index (χ2n) is 5.67. The van der Waals surface area contributed by atoms with Crippen molar-refractivity contribution in [2.45, 2.75) is 13.1 Å². The molecule has 3 rings (SSSR count). The summed E-state index contributed by atoms with van der Waals surface area (Å²) in [5.74, 6) is -1.82. The maximum absolute atomic E-state index is 13.7. The molecule has 0 N–H and O–H groups in total. The highest BCUT2D eigenvalue weighted by Gasteiger charge is 2.15. The lowest BCUT2D eigenvalue weighted by molar-refractivity contribution is -0.131. The second kappa shape index (κ2) is 6.42. The molecule has 0 fully saturated rings. The third-order valence-electron chi connectivity index (χ3n) is 3.87. The Kier molecular flexibility index (Phi) is 4.30. The molecule has 0 saturated carbocycles. The van der Waals surface area contributed by atoms with E-state index < -0.39 is 17.5 Å². The van der Waals surface area contributed by atoms with Gasteiger partial charge < -0.3 is 4.90 Å². The van der Waals surface area contributed by atoms with Crippen molar-refractivity contribution in [1.29, 1.82) is 0 Å². The van der Waals surface area contributed by atoms with Crippen molar-refractivity contribution < 1.29 is 13.6 Å². The average molecular weight is 347 g/mol. The molecule has 0 unspecified atom stereocenters. The fourth-order valence-electron chi connectivity index (χ4n) is 2.44. The molecule has 0 aliphatic heterocycles. The summed E-state index contributed by atoms with van der Waals surface area (Å²) in [6.07, 6.45) is 2.67.